The first-order chi connectivity index (χ1) is 9.25. The van der Waals surface area contributed by atoms with Crippen LogP contribution in [0.15, 0.2) is 16.6 Å². The number of hydrogen-bond acceptors (Lipinski definition) is 4. The highest BCUT2D eigenvalue weighted by molar-refractivity contribution is 9.10. The lowest BCUT2D eigenvalue weighted by Crippen LogP contribution is -2.46. The van der Waals surface area contributed by atoms with Crippen molar-refractivity contribution in [3.63, 3.8) is 0 Å². The third-order valence-corrected chi connectivity index (χ3v) is 3.84. The second-order valence-corrected chi connectivity index (χ2v) is 5.38. The molecule has 1 aromatic rings. The number of hydrogen-bond donors (Lipinski definition) is 1. The molecule has 1 amide bonds. The largest absolute Gasteiger partial charge is 0.486 e. The van der Waals surface area contributed by atoms with E-state index in [1.165, 1.54) is 0 Å². The fraction of sp³-hybridized carbons (Fsp3) is 0.462. The van der Waals surface area contributed by atoms with Gasteiger partial charge in [0.1, 0.15) is 13.2 Å². The van der Waals surface area contributed by atoms with Crippen LogP contribution in [0.5, 0.6) is 11.5 Å². The fourth-order valence-electron chi connectivity index (χ4n) is 2.28. The summed E-state index contributed by atoms with van der Waals surface area (Å²) in [6.45, 7) is 4.23. The standard InChI is InChI=1S/C13H15BrN2O3.ClH/c14-10-7-9(8-11-12(10)19-6-5-18-11)13(17)16-3-1-15-2-4-16;/h7-8,15H,1-6H2;1H. The highest BCUT2D eigenvalue weighted by Crippen LogP contribution is 2.38. The minimum Gasteiger partial charge on any atom is -0.486 e. The number of nitrogens with zero attached hydrogens (tertiary/aromatic N) is 1. The smallest absolute Gasteiger partial charge is 0.254 e. The summed E-state index contributed by atoms with van der Waals surface area (Å²) in [6, 6.07) is 3.57. The molecule has 0 atom stereocenters. The third-order valence-electron chi connectivity index (χ3n) is 3.25. The van der Waals surface area contributed by atoms with Crippen LogP contribution in [0.1, 0.15) is 10.4 Å². The van der Waals surface area contributed by atoms with Gasteiger partial charge in [0.15, 0.2) is 11.5 Å². The van der Waals surface area contributed by atoms with Crippen molar-refractivity contribution in [3.8, 4) is 11.5 Å². The van der Waals surface area contributed by atoms with Gasteiger partial charge in [0.05, 0.1) is 4.47 Å². The van der Waals surface area contributed by atoms with Gasteiger partial charge in [-0.1, -0.05) is 0 Å². The Morgan fingerprint density at radius 2 is 1.90 bits per heavy atom. The molecule has 0 aromatic heterocycles. The Morgan fingerprint density at radius 1 is 1.20 bits per heavy atom. The monoisotopic (exact) mass is 362 g/mol. The SMILES string of the molecule is Cl.O=C(c1cc(Br)c2c(c1)OCCO2)N1CCNCC1. The summed E-state index contributed by atoms with van der Waals surface area (Å²) in [5, 5.41) is 3.23. The van der Waals surface area contributed by atoms with Crippen LogP contribution in [0.25, 0.3) is 0 Å². The molecular formula is C13H16BrClN2O3. The minimum atomic E-state index is 0. The van der Waals surface area contributed by atoms with Gasteiger partial charge in [0, 0.05) is 31.7 Å². The lowest BCUT2D eigenvalue weighted by molar-refractivity contribution is 0.0734. The van der Waals surface area contributed by atoms with E-state index in [1.807, 2.05) is 4.90 Å². The van der Waals surface area contributed by atoms with E-state index in [0.29, 0.717) is 30.3 Å². The number of carbonyl (C=O) groups excluding carboxylic acids is 1. The highest BCUT2D eigenvalue weighted by Gasteiger charge is 2.22. The zero-order valence-corrected chi connectivity index (χ0v) is 13.3. The van der Waals surface area contributed by atoms with E-state index in [1.54, 1.807) is 12.1 Å². The van der Waals surface area contributed by atoms with Gasteiger partial charge in [-0.15, -0.1) is 12.4 Å². The Labute approximate surface area is 132 Å². The van der Waals surface area contributed by atoms with E-state index >= 15 is 0 Å². The number of halogens is 2. The molecule has 0 unspecified atom stereocenters. The summed E-state index contributed by atoms with van der Waals surface area (Å²) in [4.78, 5) is 14.3. The number of ether oxygens (including phenoxy) is 2. The predicted octanol–water partition coefficient (Wildman–Crippen LogP) is 1.69. The molecular weight excluding hydrogens is 348 g/mol. The second-order valence-electron chi connectivity index (χ2n) is 4.52. The Hall–Kier alpha value is -0.980. The first-order valence-electron chi connectivity index (χ1n) is 6.35. The number of amides is 1. The quantitative estimate of drug-likeness (QED) is 0.825. The zero-order valence-electron chi connectivity index (χ0n) is 10.9. The molecule has 5 nitrogen and oxygen atoms in total. The summed E-state index contributed by atoms with van der Waals surface area (Å²) in [6.07, 6.45) is 0. The molecule has 0 saturated carbocycles. The first-order valence-corrected chi connectivity index (χ1v) is 7.14. The van der Waals surface area contributed by atoms with E-state index in [2.05, 4.69) is 21.2 Å². The maximum atomic E-state index is 12.4. The number of rotatable bonds is 1. The van der Waals surface area contributed by atoms with Crippen molar-refractivity contribution in [1.29, 1.82) is 0 Å². The molecule has 2 heterocycles. The zero-order chi connectivity index (χ0) is 13.2. The Balaban J connectivity index is 0.00000147. The van der Waals surface area contributed by atoms with Crippen LogP contribution in [0.4, 0.5) is 0 Å². The van der Waals surface area contributed by atoms with E-state index < -0.39 is 0 Å². The van der Waals surface area contributed by atoms with Gasteiger partial charge in [0.2, 0.25) is 0 Å². The molecule has 1 fully saturated rings. The number of nitrogens with one attached hydrogen (secondary N) is 1. The Morgan fingerprint density at radius 3 is 2.65 bits per heavy atom. The molecule has 20 heavy (non-hydrogen) atoms. The molecule has 110 valence electrons. The maximum Gasteiger partial charge on any atom is 0.254 e. The van der Waals surface area contributed by atoms with E-state index in [-0.39, 0.29) is 18.3 Å². The van der Waals surface area contributed by atoms with Crippen LogP contribution in [-0.2, 0) is 0 Å². The minimum absolute atomic E-state index is 0. The highest BCUT2D eigenvalue weighted by atomic mass is 79.9. The van der Waals surface area contributed by atoms with Crippen molar-refractivity contribution in [3.05, 3.63) is 22.2 Å². The molecule has 3 rings (SSSR count). The number of carbonyl (C=O) groups is 1. The third kappa shape index (κ3) is 3.02. The van der Waals surface area contributed by atoms with Gasteiger partial charge in [-0.3, -0.25) is 4.79 Å². The molecule has 0 bridgehead atoms. The van der Waals surface area contributed by atoms with Crippen molar-refractivity contribution in [2.45, 2.75) is 0 Å². The lowest BCUT2D eigenvalue weighted by Gasteiger charge is -2.28. The average molecular weight is 364 g/mol. The second kappa shape index (κ2) is 6.65. The van der Waals surface area contributed by atoms with Crippen molar-refractivity contribution in [2.24, 2.45) is 0 Å². The van der Waals surface area contributed by atoms with Crippen LogP contribution in [0.3, 0.4) is 0 Å². The number of fused-ring (bicyclic) bond motifs is 1. The molecule has 7 heteroatoms. The number of benzene rings is 1. The van der Waals surface area contributed by atoms with Crippen LogP contribution < -0.4 is 14.8 Å². The van der Waals surface area contributed by atoms with Crippen LogP contribution >= 0.6 is 28.3 Å². The van der Waals surface area contributed by atoms with E-state index in [9.17, 15) is 4.79 Å². The molecule has 2 aliphatic heterocycles. The summed E-state index contributed by atoms with van der Waals surface area (Å²) in [5.74, 6) is 1.36. The lowest BCUT2D eigenvalue weighted by atomic mass is 10.1. The van der Waals surface area contributed by atoms with E-state index in [4.69, 9.17) is 9.47 Å². The maximum absolute atomic E-state index is 12.4. The predicted molar refractivity (Wildman–Crippen MR) is 81.2 cm³/mol. The molecule has 2 aliphatic rings. The molecule has 1 N–H and O–H groups in total. The van der Waals surface area contributed by atoms with Crippen LogP contribution in [0, 0.1) is 0 Å². The van der Waals surface area contributed by atoms with Gasteiger partial charge in [-0.2, -0.15) is 0 Å². The Kier molecular flexibility index (Phi) is 5.12. The molecule has 0 aliphatic carbocycles. The van der Waals surface area contributed by atoms with Crippen molar-refractivity contribution < 1.29 is 14.3 Å². The summed E-state index contributed by atoms with van der Waals surface area (Å²) in [5.41, 5.74) is 0.637. The van der Waals surface area contributed by atoms with Crippen LogP contribution in [0.2, 0.25) is 0 Å². The van der Waals surface area contributed by atoms with Gasteiger partial charge in [-0.25, -0.2) is 0 Å². The van der Waals surface area contributed by atoms with Crippen molar-refractivity contribution in [1.82, 2.24) is 10.2 Å². The fourth-order valence-corrected chi connectivity index (χ4v) is 2.84. The summed E-state index contributed by atoms with van der Waals surface area (Å²) >= 11 is 3.44. The normalized spacial score (nSPS) is 17.4. The number of piperazine rings is 1. The van der Waals surface area contributed by atoms with Crippen LogP contribution in [-0.4, -0.2) is 50.2 Å². The first kappa shape index (κ1) is 15.4. The molecule has 1 aromatic carbocycles. The van der Waals surface area contributed by atoms with Gasteiger partial charge < -0.3 is 19.7 Å². The van der Waals surface area contributed by atoms with E-state index in [0.717, 1.165) is 30.7 Å². The summed E-state index contributed by atoms with van der Waals surface area (Å²) < 4.78 is 11.8. The summed E-state index contributed by atoms with van der Waals surface area (Å²) in [7, 11) is 0. The van der Waals surface area contributed by atoms with Gasteiger partial charge in [-0.05, 0) is 28.1 Å². The van der Waals surface area contributed by atoms with Gasteiger partial charge >= 0.3 is 0 Å². The molecule has 1 saturated heterocycles. The van der Waals surface area contributed by atoms with Gasteiger partial charge in [0.25, 0.3) is 5.91 Å². The topological polar surface area (TPSA) is 50.8 Å². The van der Waals surface area contributed by atoms with Crippen molar-refractivity contribution in [2.75, 3.05) is 39.4 Å². The molecule has 0 spiro atoms. The molecule has 0 radical (unpaired) electrons. The van der Waals surface area contributed by atoms with Crippen molar-refractivity contribution >= 4 is 34.2 Å². The average Bonchev–Trinajstić information content (AvgIpc) is 2.47. The Bertz CT molecular complexity index is 507.